The van der Waals surface area contributed by atoms with Gasteiger partial charge in [0, 0.05) is 23.2 Å². The second-order valence-corrected chi connectivity index (χ2v) is 5.81. The molecule has 2 aromatic rings. The van der Waals surface area contributed by atoms with Crippen LogP contribution in [0.5, 0.6) is 0 Å². The molecule has 0 saturated carbocycles. The monoisotopic (exact) mass is 353 g/mol. The summed E-state index contributed by atoms with van der Waals surface area (Å²) in [6, 6.07) is 13.3. The van der Waals surface area contributed by atoms with Gasteiger partial charge in [0.15, 0.2) is 0 Å². The predicted molar refractivity (Wildman–Crippen MR) is 78.5 cm³/mol. The Balaban J connectivity index is 1.75. The molecule has 1 heterocycles. The summed E-state index contributed by atoms with van der Waals surface area (Å²) in [5.41, 5.74) is 4.03. The van der Waals surface area contributed by atoms with Crippen LogP contribution in [0.3, 0.4) is 0 Å². The van der Waals surface area contributed by atoms with E-state index in [0.717, 1.165) is 19.6 Å². The van der Waals surface area contributed by atoms with Crippen LogP contribution in [0.4, 0.5) is 4.39 Å². The molecule has 0 fully saturated rings. The number of hydrogen-bond acceptors (Lipinski definition) is 1. The molecule has 1 aliphatic rings. The van der Waals surface area contributed by atoms with Gasteiger partial charge in [0.1, 0.15) is 5.82 Å². The fraction of sp³-hybridized carbons (Fsp3) is 0.200. The first-order valence-electron chi connectivity index (χ1n) is 5.95. The van der Waals surface area contributed by atoms with Crippen molar-refractivity contribution in [3.05, 3.63) is 68.5 Å². The Morgan fingerprint density at radius 2 is 1.83 bits per heavy atom. The highest BCUT2D eigenvalue weighted by Crippen LogP contribution is 2.28. The Kier molecular flexibility index (Phi) is 3.35. The molecule has 0 saturated heterocycles. The smallest absolute Gasteiger partial charge is 0.123 e. The van der Waals surface area contributed by atoms with Crippen molar-refractivity contribution in [2.45, 2.75) is 19.6 Å². The van der Waals surface area contributed by atoms with Gasteiger partial charge in [0.25, 0.3) is 0 Å². The number of rotatable bonds is 2. The number of hydrogen-bond donors (Lipinski definition) is 0. The summed E-state index contributed by atoms with van der Waals surface area (Å²) in [6.45, 7) is 2.86. The minimum Gasteiger partial charge on any atom is -0.291 e. The first kappa shape index (κ1) is 12.1. The van der Waals surface area contributed by atoms with Gasteiger partial charge in [-0.05, 0) is 57.5 Å². The molecule has 0 N–H and O–H groups in total. The molecule has 0 bridgehead atoms. The number of halogens is 2. The van der Waals surface area contributed by atoms with Crippen molar-refractivity contribution < 1.29 is 4.39 Å². The van der Waals surface area contributed by atoms with Crippen molar-refractivity contribution in [2.24, 2.45) is 0 Å². The summed E-state index contributed by atoms with van der Waals surface area (Å²) in [7, 11) is 0. The molecular weight excluding hydrogens is 340 g/mol. The van der Waals surface area contributed by atoms with Crippen molar-refractivity contribution >= 4 is 22.6 Å². The van der Waals surface area contributed by atoms with Crippen LogP contribution in [0.1, 0.15) is 16.7 Å². The van der Waals surface area contributed by atoms with E-state index in [9.17, 15) is 4.39 Å². The molecule has 0 amide bonds. The molecule has 3 heteroatoms. The molecule has 0 aromatic heterocycles. The molecule has 18 heavy (non-hydrogen) atoms. The van der Waals surface area contributed by atoms with Crippen LogP contribution in [0.15, 0.2) is 42.5 Å². The third-order valence-electron chi connectivity index (χ3n) is 3.31. The SMILES string of the molecule is Fc1ccc(CN2Cc3cccc(I)c3C2)cc1. The summed E-state index contributed by atoms with van der Waals surface area (Å²) in [5.74, 6) is -0.169. The summed E-state index contributed by atoms with van der Waals surface area (Å²) in [5, 5.41) is 0. The average Bonchev–Trinajstić information content (AvgIpc) is 2.76. The molecular formula is C15H13FIN. The fourth-order valence-corrected chi connectivity index (χ4v) is 3.13. The molecule has 1 nitrogen and oxygen atoms in total. The molecule has 2 aromatic carbocycles. The summed E-state index contributed by atoms with van der Waals surface area (Å²) < 4.78 is 14.2. The van der Waals surface area contributed by atoms with Crippen molar-refractivity contribution in [3.63, 3.8) is 0 Å². The quantitative estimate of drug-likeness (QED) is 0.740. The van der Waals surface area contributed by atoms with Gasteiger partial charge in [0.05, 0.1) is 0 Å². The van der Waals surface area contributed by atoms with Crippen LogP contribution in [0.25, 0.3) is 0 Å². The van der Waals surface area contributed by atoms with E-state index in [1.165, 1.54) is 32.4 Å². The zero-order valence-corrected chi connectivity index (χ0v) is 12.0. The van der Waals surface area contributed by atoms with Crippen molar-refractivity contribution in [3.8, 4) is 0 Å². The van der Waals surface area contributed by atoms with E-state index in [-0.39, 0.29) is 5.82 Å². The molecule has 3 rings (SSSR count). The average molecular weight is 353 g/mol. The van der Waals surface area contributed by atoms with Crippen molar-refractivity contribution in [2.75, 3.05) is 0 Å². The van der Waals surface area contributed by atoms with Crippen LogP contribution in [-0.4, -0.2) is 4.90 Å². The van der Waals surface area contributed by atoms with Crippen LogP contribution >= 0.6 is 22.6 Å². The largest absolute Gasteiger partial charge is 0.291 e. The van der Waals surface area contributed by atoms with E-state index in [2.05, 4.69) is 45.7 Å². The van der Waals surface area contributed by atoms with Crippen LogP contribution in [0, 0.1) is 9.39 Å². The van der Waals surface area contributed by atoms with E-state index >= 15 is 0 Å². The van der Waals surface area contributed by atoms with Gasteiger partial charge in [-0.3, -0.25) is 4.90 Å². The second kappa shape index (κ2) is 4.97. The highest BCUT2D eigenvalue weighted by atomic mass is 127. The highest BCUT2D eigenvalue weighted by Gasteiger charge is 2.20. The zero-order valence-electron chi connectivity index (χ0n) is 9.87. The third-order valence-corrected chi connectivity index (χ3v) is 4.32. The summed E-state index contributed by atoms with van der Waals surface area (Å²) >= 11 is 2.40. The topological polar surface area (TPSA) is 3.24 Å². The zero-order chi connectivity index (χ0) is 12.5. The maximum atomic E-state index is 12.9. The van der Waals surface area contributed by atoms with Gasteiger partial charge < -0.3 is 0 Å². The van der Waals surface area contributed by atoms with Crippen molar-refractivity contribution in [1.82, 2.24) is 4.90 Å². The van der Waals surface area contributed by atoms with Crippen molar-refractivity contribution in [1.29, 1.82) is 0 Å². The fourth-order valence-electron chi connectivity index (χ4n) is 2.41. The lowest BCUT2D eigenvalue weighted by Gasteiger charge is -2.14. The normalized spacial score (nSPS) is 14.8. The van der Waals surface area contributed by atoms with Gasteiger partial charge in [-0.15, -0.1) is 0 Å². The van der Waals surface area contributed by atoms with Gasteiger partial charge in [-0.1, -0.05) is 24.3 Å². The van der Waals surface area contributed by atoms with Gasteiger partial charge in [0.2, 0.25) is 0 Å². The first-order chi connectivity index (χ1) is 8.72. The van der Waals surface area contributed by atoms with E-state index < -0.39 is 0 Å². The van der Waals surface area contributed by atoms with Crippen LogP contribution in [-0.2, 0) is 19.6 Å². The maximum absolute atomic E-state index is 12.9. The third kappa shape index (κ3) is 2.42. The summed E-state index contributed by atoms with van der Waals surface area (Å²) in [6.07, 6.45) is 0. The second-order valence-electron chi connectivity index (χ2n) is 4.65. The number of fused-ring (bicyclic) bond motifs is 1. The van der Waals surface area contributed by atoms with E-state index in [0.29, 0.717) is 0 Å². The van der Waals surface area contributed by atoms with Gasteiger partial charge >= 0.3 is 0 Å². The standard InChI is InChI=1S/C15H13FIN/c16-13-6-4-11(5-7-13)8-18-9-12-2-1-3-15(17)14(12)10-18/h1-7H,8-10H2. The van der Waals surface area contributed by atoms with Gasteiger partial charge in [-0.2, -0.15) is 0 Å². The Labute approximate surface area is 120 Å². The lowest BCUT2D eigenvalue weighted by Crippen LogP contribution is -2.15. The summed E-state index contributed by atoms with van der Waals surface area (Å²) in [4.78, 5) is 2.39. The molecule has 92 valence electrons. The predicted octanol–water partition coefficient (Wildman–Crippen LogP) is 3.95. The highest BCUT2D eigenvalue weighted by molar-refractivity contribution is 14.1. The van der Waals surface area contributed by atoms with E-state index in [1.807, 2.05) is 12.1 Å². The lowest BCUT2D eigenvalue weighted by atomic mass is 10.1. The molecule has 1 aliphatic heterocycles. The molecule has 0 spiro atoms. The van der Waals surface area contributed by atoms with Crippen LogP contribution < -0.4 is 0 Å². The Hall–Kier alpha value is -0.940. The maximum Gasteiger partial charge on any atom is 0.123 e. The van der Waals surface area contributed by atoms with Crippen LogP contribution in [0.2, 0.25) is 0 Å². The van der Waals surface area contributed by atoms with E-state index in [4.69, 9.17) is 0 Å². The Morgan fingerprint density at radius 1 is 1.06 bits per heavy atom. The molecule has 0 radical (unpaired) electrons. The Morgan fingerprint density at radius 3 is 2.56 bits per heavy atom. The minimum atomic E-state index is -0.169. The van der Waals surface area contributed by atoms with E-state index in [1.54, 1.807) is 0 Å². The lowest BCUT2D eigenvalue weighted by molar-refractivity contribution is 0.275. The molecule has 0 atom stereocenters. The molecule has 0 aliphatic carbocycles. The molecule has 0 unspecified atom stereocenters. The number of benzene rings is 2. The first-order valence-corrected chi connectivity index (χ1v) is 7.03. The minimum absolute atomic E-state index is 0.169. The number of nitrogens with zero attached hydrogens (tertiary/aromatic N) is 1. The Bertz CT molecular complexity index is 565. The van der Waals surface area contributed by atoms with Gasteiger partial charge in [-0.25, -0.2) is 4.39 Å².